The fraction of sp³-hybridized carbons (Fsp3) is 0.414. The third kappa shape index (κ3) is 3.20. The summed E-state index contributed by atoms with van der Waals surface area (Å²) in [5, 5.41) is 0. The highest BCUT2D eigenvalue weighted by Gasteiger charge is 2.63. The lowest BCUT2D eigenvalue weighted by molar-refractivity contribution is -0.173. The molecule has 4 aliphatic carbocycles. The first-order valence-electron chi connectivity index (χ1n) is 12.3. The number of rotatable bonds is 5. The molecule has 2 aromatic carbocycles. The molecule has 2 aromatic rings. The van der Waals surface area contributed by atoms with E-state index in [1.54, 1.807) is 6.92 Å². The standard InChI is InChI=1S/C29H29F2NO2/c1-3-34-26(33)9-8-18-11-24(30)27(25(31)12-18)28-23-13-20-6-4-5-7-21(20)22(23)10-17(2)32(28)29-14-19(15-29)16-29/h4-9,11-12,17,19,28H,3,10,13-16H2,1-2H3/b9-8+/t17-,19?,28+,29?/m1/s1. The fourth-order valence-electron chi connectivity index (χ4n) is 6.89. The van der Waals surface area contributed by atoms with E-state index < -0.39 is 23.6 Å². The maximum atomic E-state index is 15.7. The highest BCUT2D eigenvalue weighted by atomic mass is 19.1. The van der Waals surface area contributed by atoms with Gasteiger partial charge in [0.05, 0.1) is 12.6 Å². The van der Waals surface area contributed by atoms with Gasteiger partial charge in [-0.25, -0.2) is 13.6 Å². The van der Waals surface area contributed by atoms with E-state index in [0.717, 1.165) is 43.6 Å². The van der Waals surface area contributed by atoms with Crippen LogP contribution in [0, 0.1) is 17.6 Å². The minimum Gasteiger partial charge on any atom is -0.463 e. The zero-order valence-corrected chi connectivity index (χ0v) is 19.6. The maximum absolute atomic E-state index is 15.7. The molecule has 2 atom stereocenters. The van der Waals surface area contributed by atoms with Crippen molar-refractivity contribution in [3.63, 3.8) is 0 Å². The molecule has 0 radical (unpaired) electrons. The molecular weight excluding hydrogens is 432 g/mol. The van der Waals surface area contributed by atoms with Crippen LogP contribution in [-0.2, 0) is 16.0 Å². The molecule has 5 aliphatic rings. The summed E-state index contributed by atoms with van der Waals surface area (Å²) in [6.07, 6.45) is 7.67. The van der Waals surface area contributed by atoms with E-state index in [4.69, 9.17) is 4.74 Å². The Bertz CT molecular complexity index is 1210. The van der Waals surface area contributed by atoms with E-state index in [2.05, 4.69) is 24.0 Å². The second-order valence-corrected chi connectivity index (χ2v) is 10.4. The van der Waals surface area contributed by atoms with Gasteiger partial charge in [0.1, 0.15) is 11.6 Å². The zero-order valence-electron chi connectivity index (χ0n) is 19.6. The van der Waals surface area contributed by atoms with Crippen LogP contribution in [-0.4, -0.2) is 29.1 Å². The van der Waals surface area contributed by atoms with Crippen LogP contribution in [0.15, 0.2) is 48.0 Å². The first kappa shape index (κ1) is 21.7. The van der Waals surface area contributed by atoms with Crippen LogP contribution in [0.3, 0.4) is 0 Å². The summed E-state index contributed by atoms with van der Waals surface area (Å²) in [4.78, 5) is 14.1. The van der Waals surface area contributed by atoms with Crippen LogP contribution in [0.2, 0.25) is 0 Å². The number of carbonyl (C=O) groups is 1. The summed E-state index contributed by atoms with van der Waals surface area (Å²) in [5.74, 6) is -0.861. The molecular formula is C29H29F2NO2. The molecule has 7 rings (SSSR count). The highest BCUT2D eigenvalue weighted by molar-refractivity contribution is 5.87. The van der Waals surface area contributed by atoms with Crippen molar-refractivity contribution in [3.05, 3.63) is 81.9 Å². The smallest absolute Gasteiger partial charge is 0.330 e. The Morgan fingerprint density at radius 2 is 1.88 bits per heavy atom. The van der Waals surface area contributed by atoms with Crippen LogP contribution in [0.4, 0.5) is 8.78 Å². The number of hydrogen-bond acceptors (Lipinski definition) is 3. The second kappa shape index (κ2) is 7.88. The molecule has 1 aliphatic heterocycles. The van der Waals surface area contributed by atoms with Crippen LogP contribution in [0.5, 0.6) is 0 Å². The molecule has 1 heterocycles. The van der Waals surface area contributed by atoms with E-state index >= 15 is 8.78 Å². The lowest BCUT2D eigenvalue weighted by Gasteiger charge is -2.70. The van der Waals surface area contributed by atoms with Gasteiger partial charge in [-0.2, -0.15) is 0 Å². The highest BCUT2D eigenvalue weighted by Crippen LogP contribution is 2.65. The minimum absolute atomic E-state index is 0.0728. The number of benzene rings is 2. The third-order valence-corrected chi connectivity index (χ3v) is 8.32. The normalized spacial score (nSPS) is 29.5. The summed E-state index contributed by atoms with van der Waals surface area (Å²) in [5.41, 5.74) is 5.43. The first-order valence-corrected chi connectivity index (χ1v) is 12.3. The average Bonchev–Trinajstić information content (AvgIpc) is 3.10. The van der Waals surface area contributed by atoms with Gasteiger partial charge in [0, 0.05) is 23.2 Å². The van der Waals surface area contributed by atoms with Crippen molar-refractivity contribution >= 4 is 17.6 Å². The Morgan fingerprint density at radius 3 is 2.53 bits per heavy atom. The topological polar surface area (TPSA) is 29.5 Å². The Hall–Kier alpha value is -2.79. The Balaban J connectivity index is 1.44. The lowest BCUT2D eigenvalue weighted by atomic mass is 9.48. The van der Waals surface area contributed by atoms with Gasteiger partial charge in [-0.05, 0) is 97.9 Å². The largest absolute Gasteiger partial charge is 0.463 e. The number of ether oxygens (including phenoxy) is 1. The predicted octanol–water partition coefficient (Wildman–Crippen LogP) is 6.24. The molecule has 176 valence electrons. The van der Waals surface area contributed by atoms with Crippen molar-refractivity contribution in [1.29, 1.82) is 0 Å². The van der Waals surface area contributed by atoms with Gasteiger partial charge in [-0.3, -0.25) is 4.90 Å². The van der Waals surface area contributed by atoms with Gasteiger partial charge in [-0.1, -0.05) is 24.3 Å². The SMILES string of the molecule is CCOC(=O)/C=C/c1cc(F)c([C@@H]2C3=C(C[C@@H](C)N2C24CC(C2)C4)c2ccccc2C3)c(F)c1. The quantitative estimate of drug-likeness (QED) is 0.390. The van der Waals surface area contributed by atoms with Gasteiger partial charge in [-0.15, -0.1) is 0 Å². The van der Waals surface area contributed by atoms with Crippen molar-refractivity contribution < 1.29 is 18.3 Å². The summed E-state index contributed by atoms with van der Waals surface area (Å²) < 4.78 is 36.4. The molecule has 0 N–H and O–H groups in total. The van der Waals surface area contributed by atoms with E-state index in [-0.39, 0.29) is 23.8 Å². The molecule has 5 heteroatoms. The van der Waals surface area contributed by atoms with Gasteiger partial charge in [0.25, 0.3) is 0 Å². The average molecular weight is 462 g/mol. The van der Waals surface area contributed by atoms with Crippen LogP contribution >= 0.6 is 0 Å². The van der Waals surface area contributed by atoms with Gasteiger partial charge < -0.3 is 4.74 Å². The molecule has 2 bridgehead atoms. The first-order chi connectivity index (χ1) is 16.4. The summed E-state index contributed by atoms with van der Waals surface area (Å²) in [6.45, 7) is 4.18. The van der Waals surface area contributed by atoms with Gasteiger partial charge in [0.15, 0.2) is 0 Å². The Morgan fingerprint density at radius 1 is 1.18 bits per heavy atom. The van der Waals surface area contributed by atoms with E-state index in [0.29, 0.717) is 5.56 Å². The number of fused-ring (bicyclic) bond motifs is 2. The molecule has 3 saturated carbocycles. The number of hydrogen-bond donors (Lipinski definition) is 0. The van der Waals surface area contributed by atoms with E-state index in [9.17, 15) is 4.79 Å². The Labute approximate surface area is 199 Å². The summed E-state index contributed by atoms with van der Waals surface area (Å²) in [6, 6.07) is 10.9. The molecule has 3 nitrogen and oxygen atoms in total. The lowest BCUT2D eigenvalue weighted by Crippen LogP contribution is -2.71. The van der Waals surface area contributed by atoms with E-state index in [1.807, 2.05) is 12.1 Å². The monoisotopic (exact) mass is 461 g/mol. The minimum atomic E-state index is -0.554. The van der Waals surface area contributed by atoms with Crippen molar-refractivity contribution in [2.75, 3.05) is 6.61 Å². The van der Waals surface area contributed by atoms with Gasteiger partial charge in [0.2, 0.25) is 0 Å². The molecule has 0 unspecified atom stereocenters. The second-order valence-electron chi connectivity index (χ2n) is 10.4. The molecule has 3 fully saturated rings. The number of nitrogens with zero attached hydrogens (tertiary/aromatic N) is 1. The van der Waals surface area contributed by atoms with E-state index in [1.165, 1.54) is 41.0 Å². The van der Waals surface area contributed by atoms with Crippen molar-refractivity contribution in [1.82, 2.24) is 4.90 Å². The van der Waals surface area contributed by atoms with Crippen molar-refractivity contribution in [3.8, 4) is 0 Å². The number of carbonyl (C=O) groups excluding carboxylic acids is 1. The third-order valence-electron chi connectivity index (χ3n) is 8.32. The molecule has 34 heavy (non-hydrogen) atoms. The van der Waals surface area contributed by atoms with Crippen LogP contribution in [0.25, 0.3) is 11.6 Å². The van der Waals surface area contributed by atoms with Gasteiger partial charge >= 0.3 is 5.97 Å². The fourth-order valence-corrected chi connectivity index (χ4v) is 6.89. The van der Waals surface area contributed by atoms with Crippen LogP contribution in [0.1, 0.15) is 67.8 Å². The molecule has 0 saturated heterocycles. The zero-order chi connectivity index (χ0) is 23.6. The van der Waals surface area contributed by atoms with Crippen molar-refractivity contribution in [2.24, 2.45) is 5.92 Å². The molecule has 0 aromatic heterocycles. The van der Waals surface area contributed by atoms with Crippen LogP contribution < -0.4 is 0 Å². The predicted molar refractivity (Wildman–Crippen MR) is 128 cm³/mol. The molecule has 0 spiro atoms. The summed E-state index contributed by atoms with van der Waals surface area (Å²) in [7, 11) is 0. The molecule has 0 amide bonds. The Kier molecular flexibility index (Phi) is 5.03. The van der Waals surface area contributed by atoms with Crippen molar-refractivity contribution in [2.45, 2.75) is 63.6 Å². The number of esters is 1. The number of halogens is 2. The summed E-state index contributed by atoms with van der Waals surface area (Å²) >= 11 is 0. The maximum Gasteiger partial charge on any atom is 0.330 e.